The second-order valence-corrected chi connectivity index (χ2v) is 20.0. The number of aromatic hydroxyl groups is 14. The normalized spacial score (nSPS) is 12.0. The summed E-state index contributed by atoms with van der Waals surface area (Å²) in [6.45, 7) is 9.19. The summed E-state index contributed by atoms with van der Waals surface area (Å²) in [5.74, 6) is -10.5. The Hall–Kier alpha value is -10.4. The van der Waals surface area contributed by atoms with Crippen molar-refractivity contribution in [1.82, 2.24) is 13.7 Å². The molecule has 17 nitrogen and oxygen atoms in total. The van der Waals surface area contributed by atoms with E-state index in [2.05, 4.69) is 0 Å². The number of phenolic OH excluding ortho intramolecular Hbond substituents is 14. The number of para-hydroxylation sites is 1. The highest BCUT2D eigenvalue weighted by molar-refractivity contribution is 6.40. The van der Waals surface area contributed by atoms with Crippen molar-refractivity contribution in [2.24, 2.45) is 0 Å². The van der Waals surface area contributed by atoms with Crippen molar-refractivity contribution in [1.29, 1.82) is 0 Å². The van der Waals surface area contributed by atoms with Crippen LogP contribution >= 0.6 is 0 Å². The smallest absolute Gasteiger partial charge is 0.206 e. The van der Waals surface area contributed by atoms with E-state index in [1.165, 1.54) is 33.2 Å². The average molecular weight is 1050 g/mol. The molecule has 0 saturated carbocycles. The van der Waals surface area contributed by atoms with Crippen LogP contribution in [0.4, 0.5) is 0 Å². The molecular weight excluding hydrogens is 997 g/mol. The molecule has 390 valence electrons. The molecule has 0 atom stereocenters. The Balaban J connectivity index is 1.26. The number of fused-ring (bicyclic) bond motifs is 9. The fourth-order valence-electron chi connectivity index (χ4n) is 12.0. The van der Waals surface area contributed by atoms with Crippen molar-refractivity contribution < 1.29 is 71.5 Å². The van der Waals surface area contributed by atoms with Gasteiger partial charge >= 0.3 is 0 Å². The first-order chi connectivity index (χ1) is 37.1. The number of benzene rings is 9. The zero-order valence-electron chi connectivity index (χ0n) is 42.7. The minimum absolute atomic E-state index is 0.0125. The van der Waals surface area contributed by atoms with Crippen LogP contribution in [-0.4, -0.2) is 93.0 Å². The fraction of sp³-hybridized carbons (Fsp3) is 0.100. The molecule has 0 aliphatic carbocycles. The number of nitrogens with zero attached hydrogens (tertiary/aromatic N) is 3. The molecule has 12 rings (SSSR count). The van der Waals surface area contributed by atoms with Gasteiger partial charge in [-0.1, -0.05) is 60.7 Å². The highest BCUT2D eigenvalue weighted by atomic mass is 16.3. The van der Waals surface area contributed by atoms with Crippen LogP contribution in [0, 0.1) is 41.5 Å². The van der Waals surface area contributed by atoms with E-state index in [1.807, 2.05) is 42.5 Å². The van der Waals surface area contributed by atoms with Crippen LogP contribution in [0.2, 0.25) is 0 Å². The summed E-state index contributed by atoms with van der Waals surface area (Å²) in [7, 11) is 1.31. The molecule has 12 aromatic rings. The molecule has 14 N–H and O–H groups in total. The Morgan fingerprint density at radius 3 is 1.29 bits per heavy atom. The largest absolute Gasteiger partial charge is 0.507 e. The minimum Gasteiger partial charge on any atom is -0.507 e. The van der Waals surface area contributed by atoms with Crippen LogP contribution in [0.15, 0.2) is 84.9 Å². The maximum atomic E-state index is 12.9. The lowest BCUT2D eigenvalue weighted by molar-refractivity contribution is 0.350. The molecule has 18 heteroatoms. The van der Waals surface area contributed by atoms with Gasteiger partial charge in [-0.05, 0) is 105 Å². The lowest BCUT2D eigenvalue weighted by Crippen LogP contribution is -2.08. The molecule has 78 heavy (non-hydrogen) atoms. The highest BCUT2D eigenvalue weighted by Gasteiger charge is 2.38. The number of hydrogen-bond acceptors (Lipinski definition) is 14. The van der Waals surface area contributed by atoms with Gasteiger partial charge in [0.05, 0.1) is 32.7 Å². The maximum Gasteiger partial charge on any atom is 0.206 e. The summed E-state index contributed by atoms with van der Waals surface area (Å²) in [5.41, 5.74) is 1.78. The van der Waals surface area contributed by atoms with Crippen molar-refractivity contribution in [2.75, 3.05) is 0 Å². The van der Waals surface area contributed by atoms with Crippen LogP contribution in [0.1, 0.15) is 33.4 Å². The van der Waals surface area contributed by atoms with Gasteiger partial charge in [0.2, 0.25) is 11.5 Å². The number of phenols is 14. The second-order valence-electron chi connectivity index (χ2n) is 20.0. The van der Waals surface area contributed by atoms with E-state index in [4.69, 9.17) is 0 Å². The Morgan fingerprint density at radius 2 is 0.692 bits per heavy atom. The molecule has 0 aliphatic rings. The third-order valence-electron chi connectivity index (χ3n) is 16.0. The molecule has 3 heterocycles. The van der Waals surface area contributed by atoms with E-state index in [0.717, 1.165) is 15.7 Å². The highest BCUT2D eigenvalue weighted by Crippen LogP contribution is 2.61. The van der Waals surface area contributed by atoms with Crippen LogP contribution in [0.3, 0.4) is 0 Å². The summed E-state index contributed by atoms with van der Waals surface area (Å²) >= 11 is 0. The summed E-state index contributed by atoms with van der Waals surface area (Å²) in [6, 6.07) is 25.2. The molecule has 3 aromatic heterocycles. The van der Waals surface area contributed by atoms with Crippen molar-refractivity contribution in [2.45, 2.75) is 41.5 Å². The fourth-order valence-corrected chi connectivity index (χ4v) is 12.0. The second kappa shape index (κ2) is 16.3. The van der Waals surface area contributed by atoms with E-state index < -0.39 is 74.7 Å². The Bertz CT molecular complexity index is 4710. The zero-order chi connectivity index (χ0) is 55.7. The van der Waals surface area contributed by atoms with Gasteiger partial charge in [0.1, 0.15) is 53.1 Å². The van der Waals surface area contributed by atoms with E-state index in [-0.39, 0.29) is 127 Å². The third kappa shape index (κ3) is 5.90. The number of hydrogen-bond donors (Lipinski definition) is 14. The van der Waals surface area contributed by atoms with Gasteiger partial charge in [-0.25, -0.2) is 0 Å². The van der Waals surface area contributed by atoms with Crippen molar-refractivity contribution in [3.05, 3.63) is 118 Å². The van der Waals surface area contributed by atoms with Crippen LogP contribution in [-0.2, 0) is 0 Å². The summed E-state index contributed by atoms with van der Waals surface area (Å²) < 4.78 is 4.17. The molecule has 0 saturated heterocycles. The predicted octanol–water partition coefficient (Wildman–Crippen LogP) is 10.3. The molecular formula is C60H48BN3O14. The molecule has 0 amide bonds. The van der Waals surface area contributed by atoms with Crippen LogP contribution in [0.25, 0.3) is 105 Å². The van der Waals surface area contributed by atoms with E-state index >= 15 is 0 Å². The quantitative estimate of drug-likeness (QED) is 0.0434. The first-order valence-corrected chi connectivity index (χ1v) is 24.5. The summed E-state index contributed by atoms with van der Waals surface area (Å²) in [5, 5.41) is 167. The van der Waals surface area contributed by atoms with Crippen molar-refractivity contribution >= 4 is 78.7 Å². The molecule has 0 spiro atoms. The summed E-state index contributed by atoms with van der Waals surface area (Å²) in [4.78, 5) is 0. The van der Waals surface area contributed by atoms with Crippen molar-refractivity contribution in [3.8, 4) is 120 Å². The summed E-state index contributed by atoms with van der Waals surface area (Å²) in [6.07, 6.45) is 0. The molecule has 0 aliphatic heterocycles. The van der Waals surface area contributed by atoms with E-state index in [1.54, 1.807) is 67.8 Å². The SMILES string of the molecule is Bc1c(O)c(O)c2c3c(C)c(-c4c(O)c(C)c5c(c4C)c4c(O)c(O)c(C)c(O)c4n5-c4ccc(-c5ccccc5)cc4)c(O)c(O)c3n(-c3c(O)c(C)c(C)c4c5c(O)c(O)c(O)c(O)c5n(-c5ccccc5)c34)c2c1O. The zero-order valence-corrected chi connectivity index (χ0v) is 42.7. The standard InChI is InChI=1S/C60H48BN3O14/c1-21-22(2)48(66)46(41-31(21)36-45(58(76)60(78)59(77)54(36)72)63(41)29-15-11-8-12-16-29)64-42-33(38-44(64)55(73)39(61)56(74)53(38)71)24(4)35(51(69)57(42)75)34-23(3)32-37-43(49(67)26(6)50(68)52(37)70)62(40(32)25(5)47(34)65)30-19-17-28(18-20-30)27-13-9-7-10-14-27/h7-20,65-78H,61H2,1-6H3. The molecule has 0 bridgehead atoms. The number of aryl methyl sites for hydroxylation is 4. The van der Waals surface area contributed by atoms with Crippen LogP contribution < -0.4 is 5.46 Å². The van der Waals surface area contributed by atoms with Gasteiger partial charge in [0.15, 0.2) is 46.0 Å². The van der Waals surface area contributed by atoms with E-state index in [0.29, 0.717) is 11.3 Å². The molecule has 0 unspecified atom stereocenters. The first kappa shape index (κ1) is 48.6. The Morgan fingerprint density at radius 1 is 0.269 bits per heavy atom. The lowest BCUT2D eigenvalue weighted by Gasteiger charge is -2.21. The maximum absolute atomic E-state index is 12.9. The topological polar surface area (TPSA) is 298 Å². The Kier molecular flexibility index (Phi) is 10.2. The van der Waals surface area contributed by atoms with Gasteiger partial charge in [0.25, 0.3) is 0 Å². The minimum atomic E-state index is -1.07. The lowest BCUT2D eigenvalue weighted by atomic mass is 9.87. The molecule has 0 fully saturated rings. The van der Waals surface area contributed by atoms with Gasteiger partial charge in [-0.15, -0.1) is 0 Å². The number of aromatic nitrogens is 3. The van der Waals surface area contributed by atoms with Gasteiger partial charge in [-0.2, -0.15) is 0 Å². The van der Waals surface area contributed by atoms with Gasteiger partial charge in [0, 0.05) is 49.8 Å². The van der Waals surface area contributed by atoms with Crippen LogP contribution in [0.5, 0.6) is 80.5 Å². The number of rotatable bonds is 5. The van der Waals surface area contributed by atoms with Crippen molar-refractivity contribution in [3.63, 3.8) is 0 Å². The monoisotopic (exact) mass is 1050 g/mol. The Labute approximate surface area is 442 Å². The van der Waals surface area contributed by atoms with Gasteiger partial charge in [-0.3, -0.25) is 4.57 Å². The predicted molar refractivity (Wildman–Crippen MR) is 300 cm³/mol. The molecule has 0 radical (unpaired) electrons. The average Bonchev–Trinajstić information content (AvgIpc) is 2.84. The third-order valence-corrected chi connectivity index (χ3v) is 16.0. The first-order valence-electron chi connectivity index (χ1n) is 24.5. The van der Waals surface area contributed by atoms with E-state index in [9.17, 15) is 71.5 Å². The van der Waals surface area contributed by atoms with Gasteiger partial charge < -0.3 is 80.6 Å². The molecule has 9 aromatic carbocycles.